The lowest BCUT2D eigenvalue weighted by atomic mass is 10.2. The molecule has 0 amide bonds. The van der Waals surface area contributed by atoms with Gasteiger partial charge in [0.2, 0.25) is 0 Å². The number of halogens is 2. The number of aromatic nitrogens is 4. The van der Waals surface area contributed by atoms with Crippen LogP contribution in [0.25, 0.3) is 28.2 Å². The highest BCUT2D eigenvalue weighted by Gasteiger charge is 2.42. The summed E-state index contributed by atoms with van der Waals surface area (Å²) < 4.78 is 30.2. The van der Waals surface area contributed by atoms with Crippen molar-refractivity contribution < 1.29 is 8.78 Å². The van der Waals surface area contributed by atoms with Crippen LogP contribution in [0, 0.1) is 18.6 Å². The molecule has 5 heterocycles. The van der Waals surface area contributed by atoms with E-state index in [0.29, 0.717) is 29.1 Å². The molecule has 8 heteroatoms. The fraction of sp³-hybridized carbons (Fsp3) is 0.292. The smallest absolute Gasteiger partial charge is 0.167 e. The third kappa shape index (κ3) is 2.90. The molecule has 4 aromatic rings. The fourth-order valence-electron chi connectivity index (χ4n) is 5.07. The third-order valence-corrected chi connectivity index (χ3v) is 6.69. The first-order valence-electron chi connectivity index (χ1n) is 10.7. The van der Waals surface area contributed by atoms with Crippen LogP contribution >= 0.6 is 0 Å². The van der Waals surface area contributed by atoms with Crippen LogP contribution in [0.1, 0.15) is 12.0 Å². The second-order valence-corrected chi connectivity index (χ2v) is 8.71. The second-order valence-electron chi connectivity index (χ2n) is 8.71. The van der Waals surface area contributed by atoms with Crippen LogP contribution in [0.2, 0.25) is 0 Å². The van der Waals surface area contributed by atoms with Crippen LogP contribution in [-0.2, 0) is 0 Å². The van der Waals surface area contributed by atoms with E-state index in [-0.39, 0.29) is 5.56 Å². The van der Waals surface area contributed by atoms with Gasteiger partial charge in [0.25, 0.3) is 0 Å². The van der Waals surface area contributed by atoms with Crippen molar-refractivity contribution in [2.45, 2.75) is 25.4 Å². The lowest BCUT2D eigenvalue weighted by Gasteiger charge is -2.33. The van der Waals surface area contributed by atoms with Crippen LogP contribution in [0.4, 0.5) is 14.6 Å². The van der Waals surface area contributed by atoms with E-state index in [0.717, 1.165) is 42.6 Å². The monoisotopic (exact) mass is 432 g/mol. The minimum Gasteiger partial charge on any atom is -0.351 e. The lowest BCUT2D eigenvalue weighted by molar-refractivity contribution is 0.292. The van der Waals surface area contributed by atoms with Gasteiger partial charge in [0.05, 0.1) is 11.3 Å². The van der Waals surface area contributed by atoms with E-state index in [4.69, 9.17) is 9.97 Å². The molecule has 2 fully saturated rings. The quantitative estimate of drug-likeness (QED) is 0.491. The van der Waals surface area contributed by atoms with E-state index >= 15 is 0 Å². The maximum atomic E-state index is 14.8. The van der Waals surface area contributed by atoms with Gasteiger partial charge in [0.15, 0.2) is 5.65 Å². The molecular weight excluding hydrogens is 410 g/mol. The number of aryl methyl sites for hydroxylation is 1. The minimum absolute atomic E-state index is 0.226. The average Bonchev–Trinajstić information content (AvgIpc) is 3.46. The molecule has 2 bridgehead atoms. The number of nitrogens with zero attached hydrogens (tertiary/aromatic N) is 6. The summed E-state index contributed by atoms with van der Waals surface area (Å²) in [5.41, 5.74) is 3.32. The van der Waals surface area contributed by atoms with Crippen LogP contribution in [-0.4, -0.2) is 56.6 Å². The van der Waals surface area contributed by atoms with Crippen molar-refractivity contribution in [3.63, 3.8) is 0 Å². The Morgan fingerprint density at radius 2 is 1.78 bits per heavy atom. The van der Waals surface area contributed by atoms with E-state index in [1.54, 1.807) is 12.4 Å². The molecule has 0 N–H and O–H groups in total. The normalized spacial score (nSPS) is 20.6. The predicted octanol–water partition coefficient (Wildman–Crippen LogP) is 3.96. The largest absolute Gasteiger partial charge is 0.351 e. The average molecular weight is 432 g/mol. The van der Waals surface area contributed by atoms with Crippen molar-refractivity contribution in [3.05, 3.63) is 66.0 Å². The van der Waals surface area contributed by atoms with Crippen LogP contribution < -0.4 is 4.90 Å². The highest BCUT2D eigenvalue weighted by molar-refractivity contribution is 5.84. The summed E-state index contributed by atoms with van der Waals surface area (Å²) in [5.74, 6) is 0.0212. The maximum absolute atomic E-state index is 14.8. The number of anilines is 1. The molecule has 2 unspecified atom stereocenters. The zero-order valence-corrected chi connectivity index (χ0v) is 17.8. The van der Waals surface area contributed by atoms with Gasteiger partial charge in [-0.25, -0.2) is 18.7 Å². The Morgan fingerprint density at radius 1 is 0.969 bits per heavy atom. The number of hydrogen-bond acceptors (Lipinski definition) is 5. The highest BCUT2D eigenvalue weighted by atomic mass is 19.1. The first-order chi connectivity index (χ1) is 15.5. The second kappa shape index (κ2) is 7.06. The summed E-state index contributed by atoms with van der Waals surface area (Å²) in [6.07, 6.45) is 4.50. The van der Waals surface area contributed by atoms with Gasteiger partial charge in [-0.1, -0.05) is 0 Å². The highest BCUT2D eigenvalue weighted by Crippen LogP contribution is 2.36. The van der Waals surface area contributed by atoms with Gasteiger partial charge in [-0.15, -0.1) is 0 Å². The lowest BCUT2D eigenvalue weighted by Crippen LogP contribution is -2.44. The topological polar surface area (TPSA) is 50.1 Å². The zero-order chi connectivity index (χ0) is 22.0. The van der Waals surface area contributed by atoms with Gasteiger partial charge >= 0.3 is 0 Å². The molecule has 2 atom stereocenters. The number of likely N-dealkylation sites (tertiary alicyclic amines) is 1. The molecule has 32 heavy (non-hydrogen) atoms. The Labute approximate surface area is 184 Å². The van der Waals surface area contributed by atoms with Crippen molar-refractivity contribution in [2.75, 3.05) is 25.0 Å². The SMILES string of the molecule is Cc1cc(N2CC3CC2CN3C)nc2c1nc(-c1ccc(F)cc1F)n2-c1ccncc1. The van der Waals surface area contributed by atoms with Crippen LogP contribution in [0.5, 0.6) is 0 Å². The van der Waals surface area contributed by atoms with Crippen molar-refractivity contribution in [2.24, 2.45) is 0 Å². The van der Waals surface area contributed by atoms with E-state index in [1.165, 1.54) is 12.1 Å². The molecule has 0 radical (unpaired) electrons. The van der Waals surface area contributed by atoms with E-state index < -0.39 is 11.6 Å². The Balaban J connectivity index is 1.58. The molecule has 6 nitrogen and oxygen atoms in total. The zero-order valence-electron chi connectivity index (χ0n) is 17.8. The summed E-state index contributed by atoms with van der Waals surface area (Å²) >= 11 is 0. The minimum atomic E-state index is -0.659. The molecule has 2 saturated heterocycles. The summed E-state index contributed by atoms with van der Waals surface area (Å²) in [6, 6.07) is 10.3. The molecular formula is C24H22F2N6. The van der Waals surface area contributed by atoms with Gasteiger partial charge in [0, 0.05) is 43.6 Å². The number of imidazole rings is 1. The Morgan fingerprint density at radius 3 is 2.47 bits per heavy atom. The molecule has 3 aromatic heterocycles. The summed E-state index contributed by atoms with van der Waals surface area (Å²) in [4.78, 5) is 18.7. The van der Waals surface area contributed by atoms with Crippen molar-refractivity contribution in [3.8, 4) is 17.1 Å². The summed E-state index contributed by atoms with van der Waals surface area (Å²) in [5, 5.41) is 0. The fourth-order valence-corrected chi connectivity index (χ4v) is 5.07. The first-order valence-corrected chi connectivity index (χ1v) is 10.7. The molecule has 6 rings (SSSR count). The number of benzene rings is 1. The van der Waals surface area contributed by atoms with Gasteiger partial charge in [-0.2, -0.15) is 0 Å². The van der Waals surface area contributed by atoms with E-state index in [2.05, 4.69) is 27.9 Å². The summed E-state index contributed by atoms with van der Waals surface area (Å²) in [7, 11) is 2.17. The number of pyridine rings is 2. The van der Waals surface area contributed by atoms with Crippen LogP contribution in [0.3, 0.4) is 0 Å². The molecule has 0 saturated carbocycles. The number of fused-ring (bicyclic) bond motifs is 3. The van der Waals surface area contributed by atoms with Crippen molar-refractivity contribution in [1.82, 2.24) is 24.4 Å². The predicted molar refractivity (Wildman–Crippen MR) is 119 cm³/mol. The molecule has 0 spiro atoms. The summed E-state index contributed by atoms with van der Waals surface area (Å²) in [6.45, 7) is 3.98. The first kappa shape index (κ1) is 19.3. The van der Waals surface area contributed by atoms with Gasteiger partial charge in [0.1, 0.15) is 28.8 Å². The van der Waals surface area contributed by atoms with Crippen molar-refractivity contribution >= 4 is 17.0 Å². The van der Waals surface area contributed by atoms with E-state index in [1.807, 2.05) is 23.6 Å². The number of rotatable bonds is 3. The number of hydrogen-bond donors (Lipinski definition) is 0. The molecule has 2 aliphatic rings. The molecule has 0 aliphatic carbocycles. The van der Waals surface area contributed by atoms with Crippen LogP contribution in [0.15, 0.2) is 48.8 Å². The number of likely N-dealkylation sites (N-methyl/N-ethyl adjacent to an activating group) is 1. The molecule has 162 valence electrons. The number of piperazine rings is 1. The molecule has 1 aromatic carbocycles. The Hall–Kier alpha value is -3.39. The Kier molecular flexibility index (Phi) is 4.26. The standard InChI is InChI=1S/C24H22F2N6/c1-14-9-21(31-13-17-11-18(31)12-30(17)2)28-24-22(14)29-23(19-4-3-15(25)10-20(19)26)32(24)16-5-7-27-8-6-16/h3-10,17-18H,11-13H2,1-2H3. The van der Waals surface area contributed by atoms with Gasteiger partial charge < -0.3 is 4.90 Å². The Bertz CT molecular complexity index is 1330. The molecule has 2 aliphatic heterocycles. The van der Waals surface area contributed by atoms with Gasteiger partial charge in [-0.3, -0.25) is 14.5 Å². The van der Waals surface area contributed by atoms with Gasteiger partial charge in [-0.05, 0) is 56.3 Å². The third-order valence-electron chi connectivity index (χ3n) is 6.69. The van der Waals surface area contributed by atoms with Crippen molar-refractivity contribution in [1.29, 1.82) is 0 Å². The maximum Gasteiger partial charge on any atom is 0.167 e. The van der Waals surface area contributed by atoms with E-state index in [9.17, 15) is 8.78 Å².